The molecule has 3 rings (SSSR count). The Kier molecular flexibility index (Phi) is 4.14. The van der Waals surface area contributed by atoms with E-state index in [1.165, 1.54) is 0 Å². The van der Waals surface area contributed by atoms with E-state index >= 15 is 0 Å². The van der Waals surface area contributed by atoms with Crippen LogP contribution in [0, 0.1) is 0 Å². The molecule has 6 heteroatoms. The lowest BCUT2D eigenvalue weighted by Gasteiger charge is -2.45. The second-order valence-corrected chi connectivity index (χ2v) is 5.91. The first-order valence-electron chi connectivity index (χ1n) is 7.70. The molecule has 0 saturated carbocycles. The number of aromatic nitrogens is 2. The number of aromatic carboxylic acids is 1. The standard InChI is InChI=1S/C17H20N4O2/c1-12-10-20(15-6-4-14(5-7-15)16(22)23)11-13(2)21(12)17-18-8-3-9-19-17/h3-9,12-13H,10-11H2,1-2H3,(H,22,23)/t12-,13+. The summed E-state index contributed by atoms with van der Waals surface area (Å²) in [5.41, 5.74) is 1.36. The van der Waals surface area contributed by atoms with Crippen LogP contribution < -0.4 is 9.80 Å². The minimum absolute atomic E-state index is 0.264. The second-order valence-electron chi connectivity index (χ2n) is 5.91. The molecule has 1 aromatic carbocycles. The molecule has 0 spiro atoms. The maximum Gasteiger partial charge on any atom is 0.335 e. The lowest BCUT2D eigenvalue weighted by Crippen LogP contribution is -2.57. The van der Waals surface area contributed by atoms with Gasteiger partial charge in [0.05, 0.1) is 5.56 Å². The molecule has 1 saturated heterocycles. The van der Waals surface area contributed by atoms with E-state index in [-0.39, 0.29) is 12.1 Å². The molecular formula is C17H20N4O2. The number of benzene rings is 1. The van der Waals surface area contributed by atoms with Gasteiger partial charge in [0.2, 0.25) is 5.95 Å². The molecular weight excluding hydrogens is 292 g/mol. The highest BCUT2D eigenvalue weighted by Gasteiger charge is 2.31. The molecule has 0 bridgehead atoms. The SMILES string of the molecule is C[C@@H]1CN(c2ccc(C(=O)O)cc2)C[C@H](C)N1c1ncccn1. The van der Waals surface area contributed by atoms with Crippen molar-refractivity contribution in [1.82, 2.24) is 9.97 Å². The summed E-state index contributed by atoms with van der Waals surface area (Å²) >= 11 is 0. The average Bonchev–Trinajstić information content (AvgIpc) is 2.55. The van der Waals surface area contributed by atoms with E-state index in [9.17, 15) is 4.79 Å². The number of carbonyl (C=O) groups is 1. The van der Waals surface area contributed by atoms with E-state index in [1.54, 1.807) is 24.5 Å². The van der Waals surface area contributed by atoms with Crippen LogP contribution in [0.5, 0.6) is 0 Å². The topological polar surface area (TPSA) is 69.6 Å². The van der Waals surface area contributed by atoms with E-state index in [0.29, 0.717) is 5.56 Å². The van der Waals surface area contributed by atoms with Crippen LogP contribution in [0.2, 0.25) is 0 Å². The van der Waals surface area contributed by atoms with Crippen LogP contribution in [0.25, 0.3) is 0 Å². The molecule has 1 fully saturated rings. The maximum absolute atomic E-state index is 11.0. The van der Waals surface area contributed by atoms with E-state index in [0.717, 1.165) is 24.7 Å². The number of carboxylic acid groups (broad SMARTS) is 1. The van der Waals surface area contributed by atoms with Crippen molar-refractivity contribution in [2.45, 2.75) is 25.9 Å². The molecule has 23 heavy (non-hydrogen) atoms. The molecule has 0 aliphatic carbocycles. The molecule has 0 unspecified atom stereocenters. The Morgan fingerprint density at radius 2 is 1.65 bits per heavy atom. The fraction of sp³-hybridized carbons (Fsp3) is 0.353. The van der Waals surface area contributed by atoms with Crippen LogP contribution >= 0.6 is 0 Å². The molecule has 2 atom stereocenters. The van der Waals surface area contributed by atoms with Crippen molar-refractivity contribution in [2.24, 2.45) is 0 Å². The third-order valence-corrected chi connectivity index (χ3v) is 4.18. The number of rotatable bonds is 3. The molecule has 0 radical (unpaired) electrons. The van der Waals surface area contributed by atoms with Crippen LogP contribution in [-0.4, -0.2) is 46.2 Å². The van der Waals surface area contributed by atoms with Gasteiger partial charge in [0, 0.05) is 43.3 Å². The molecule has 1 aliphatic heterocycles. The Labute approximate surface area is 135 Å². The predicted octanol–water partition coefficient (Wildman–Crippen LogP) is 2.28. The van der Waals surface area contributed by atoms with Crippen molar-refractivity contribution in [3.05, 3.63) is 48.3 Å². The van der Waals surface area contributed by atoms with Gasteiger partial charge < -0.3 is 14.9 Å². The Bertz CT molecular complexity index is 663. The molecule has 2 heterocycles. The van der Waals surface area contributed by atoms with Crippen molar-refractivity contribution < 1.29 is 9.90 Å². The van der Waals surface area contributed by atoms with Gasteiger partial charge in [0.15, 0.2) is 0 Å². The summed E-state index contributed by atoms with van der Waals surface area (Å²) in [6.45, 7) is 6.00. The Morgan fingerprint density at radius 1 is 1.09 bits per heavy atom. The lowest BCUT2D eigenvalue weighted by atomic mass is 10.1. The molecule has 1 aromatic heterocycles. The highest BCUT2D eigenvalue weighted by molar-refractivity contribution is 5.88. The van der Waals surface area contributed by atoms with E-state index in [2.05, 4.69) is 33.6 Å². The van der Waals surface area contributed by atoms with Gasteiger partial charge in [-0.3, -0.25) is 0 Å². The largest absolute Gasteiger partial charge is 0.478 e. The highest BCUT2D eigenvalue weighted by Crippen LogP contribution is 2.25. The molecule has 0 amide bonds. The first-order chi connectivity index (χ1) is 11.1. The highest BCUT2D eigenvalue weighted by atomic mass is 16.4. The van der Waals surface area contributed by atoms with Gasteiger partial charge in [-0.15, -0.1) is 0 Å². The number of carboxylic acids is 1. The van der Waals surface area contributed by atoms with Gasteiger partial charge in [-0.05, 0) is 44.2 Å². The first-order valence-corrected chi connectivity index (χ1v) is 7.70. The number of hydrogen-bond donors (Lipinski definition) is 1. The molecule has 1 N–H and O–H groups in total. The summed E-state index contributed by atoms with van der Waals surface area (Å²) in [7, 11) is 0. The van der Waals surface area contributed by atoms with Gasteiger partial charge in [-0.2, -0.15) is 0 Å². The van der Waals surface area contributed by atoms with Crippen LogP contribution in [0.15, 0.2) is 42.7 Å². The van der Waals surface area contributed by atoms with Gasteiger partial charge in [-0.1, -0.05) is 0 Å². The van der Waals surface area contributed by atoms with Crippen molar-refractivity contribution in [3.63, 3.8) is 0 Å². The van der Waals surface area contributed by atoms with Crippen molar-refractivity contribution in [3.8, 4) is 0 Å². The third kappa shape index (κ3) is 3.11. The summed E-state index contributed by atoms with van der Waals surface area (Å²) < 4.78 is 0. The second kappa shape index (κ2) is 6.24. The first kappa shape index (κ1) is 15.3. The summed E-state index contributed by atoms with van der Waals surface area (Å²) in [5.74, 6) is -0.141. The molecule has 120 valence electrons. The zero-order valence-electron chi connectivity index (χ0n) is 13.3. The summed E-state index contributed by atoms with van der Waals surface area (Å²) in [6.07, 6.45) is 3.53. The van der Waals surface area contributed by atoms with Crippen LogP contribution in [0.3, 0.4) is 0 Å². The summed E-state index contributed by atoms with van der Waals surface area (Å²) in [4.78, 5) is 24.2. The Hall–Kier alpha value is -2.63. The summed E-state index contributed by atoms with van der Waals surface area (Å²) in [5, 5.41) is 9.00. The number of piperazine rings is 1. The predicted molar refractivity (Wildman–Crippen MR) is 89.0 cm³/mol. The monoisotopic (exact) mass is 312 g/mol. The normalized spacial score (nSPS) is 21.3. The van der Waals surface area contributed by atoms with E-state index in [4.69, 9.17) is 5.11 Å². The smallest absolute Gasteiger partial charge is 0.335 e. The zero-order chi connectivity index (χ0) is 16.4. The molecule has 1 aliphatic rings. The van der Waals surface area contributed by atoms with Crippen molar-refractivity contribution >= 4 is 17.6 Å². The van der Waals surface area contributed by atoms with Gasteiger partial charge >= 0.3 is 5.97 Å². The fourth-order valence-electron chi connectivity index (χ4n) is 3.17. The fourth-order valence-corrected chi connectivity index (χ4v) is 3.17. The van der Waals surface area contributed by atoms with Crippen LogP contribution in [0.4, 0.5) is 11.6 Å². The van der Waals surface area contributed by atoms with Crippen LogP contribution in [0.1, 0.15) is 24.2 Å². The maximum atomic E-state index is 11.0. The van der Waals surface area contributed by atoms with Gasteiger partial charge in [0.1, 0.15) is 0 Å². The van der Waals surface area contributed by atoms with Gasteiger partial charge in [-0.25, -0.2) is 14.8 Å². The quantitative estimate of drug-likeness (QED) is 0.937. The van der Waals surface area contributed by atoms with E-state index < -0.39 is 5.97 Å². The minimum atomic E-state index is -0.899. The molecule has 6 nitrogen and oxygen atoms in total. The Balaban J connectivity index is 1.77. The lowest BCUT2D eigenvalue weighted by molar-refractivity contribution is 0.0697. The van der Waals surface area contributed by atoms with Crippen molar-refractivity contribution in [2.75, 3.05) is 22.9 Å². The third-order valence-electron chi connectivity index (χ3n) is 4.18. The number of hydrogen-bond acceptors (Lipinski definition) is 5. The average molecular weight is 312 g/mol. The Morgan fingerprint density at radius 3 is 2.17 bits per heavy atom. The van der Waals surface area contributed by atoms with Crippen LogP contribution in [-0.2, 0) is 0 Å². The van der Waals surface area contributed by atoms with Crippen molar-refractivity contribution in [1.29, 1.82) is 0 Å². The van der Waals surface area contributed by atoms with Gasteiger partial charge in [0.25, 0.3) is 0 Å². The summed E-state index contributed by atoms with van der Waals surface area (Å²) in [6, 6.07) is 9.40. The van der Waals surface area contributed by atoms with E-state index in [1.807, 2.05) is 18.2 Å². The number of anilines is 2. The number of nitrogens with zero attached hydrogens (tertiary/aromatic N) is 4. The molecule has 2 aromatic rings. The minimum Gasteiger partial charge on any atom is -0.478 e. The zero-order valence-corrected chi connectivity index (χ0v) is 13.3.